The second-order valence-corrected chi connectivity index (χ2v) is 5.87. The molecule has 2 N–H and O–H groups in total. The van der Waals surface area contributed by atoms with Crippen LogP contribution in [-0.4, -0.2) is 32.6 Å². The second kappa shape index (κ2) is 6.39. The molecule has 0 saturated heterocycles. The molecule has 1 aliphatic carbocycles. The van der Waals surface area contributed by atoms with Crippen LogP contribution in [0.5, 0.6) is 0 Å². The lowest BCUT2D eigenvalue weighted by Crippen LogP contribution is -2.36. The van der Waals surface area contributed by atoms with Crippen molar-refractivity contribution in [2.75, 3.05) is 25.5 Å². The molecule has 1 fully saturated rings. The summed E-state index contributed by atoms with van der Waals surface area (Å²) < 4.78 is 1.02. The van der Waals surface area contributed by atoms with Crippen molar-refractivity contribution in [2.24, 2.45) is 0 Å². The molecule has 1 aromatic rings. The Morgan fingerprint density at radius 1 is 1.47 bits per heavy atom. The first-order valence-corrected chi connectivity index (χ1v) is 7.33. The lowest BCUT2D eigenvalue weighted by Gasteiger charge is -2.20. The molecule has 1 saturated carbocycles. The van der Waals surface area contributed by atoms with Crippen molar-refractivity contribution in [1.82, 2.24) is 10.6 Å². The van der Waals surface area contributed by atoms with E-state index in [9.17, 15) is 4.79 Å². The minimum Gasteiger partial charge on any atom is -0.364 e. The summed E-state index contributed by atoms with van der Waals surface area (Å²) in [4.78, 5) is 13.7. The minimum atomic E-state index is 0.0937. The van der Waals surface area contributed by atoms with Gasteiger partial charge < -0.3 is 15.5 Å². The summed E-state index contributed by atoms with van der Waals surface area (Å²) in [6.07, 6.45) is 2.25. The zero-order valence-corrected chi connectivity index (χ0v) is 13.0. The first-order chi connectivity index (χ1) is 9.10. The molecule has 2 rings (SSSR count). The van der Waals surface area contributed by atoms with Crippen LogP contribution in [0.1, 0.15) is 18.4 Å². The van der Waals surface area contributed by atoms with Crippen LogP contribution in [0.4, 0.5) is 5.69 Å². The molecule has 104 valence electrons. The van der Waals surface area contributed by atoms with E-state index in [0.29, 0.717) is 12.6 Å². The molecule has 0 unspecified atom stereocenters. The van der Waals surface area contributed by atoms with Gasteiger partial charge in [0.25, 0.3) is 0 Å². The van der Waals surface area contributed by atoms with Crippen LogP contribution < -0.4 is 15.5 Å². The Morgan fingerprint density at radius 2 is 2.21 bits per heavy atom. The van der Waals surface area contributed by atoms with Crippen LogP contribution in [-0.2, 0) is 11.3 Å². The quantitative estimate of drug-likeness (QED) is 0.839. The fourth-order valence-electron chi connectivity index (χ4n) is 1.98. The largest absolute Gasteiger partial charge is 0.364 e. The molecule has 0 radical (unpaired) electrons. The maximum absolute atomic E-state index is 11.8. The predicted octanol–water partition coefficient (Wildman–Crippen LogP) is 1.88. The number of amides is 1. The van der Waals surface area contributed by atoms with Crippen molar-refractivity contribution >= 4 is 27.5 Å². The summed E-state index contributed by atoms with van der Waals surface area (Å²) >= 11 is 3.57. The number of hydrogen-bond donors (Lipinski definition) is 2. The van der Waals surface area contributed by atoms with Gasteiger partial charge in [-0.3, -0.25) is 4.79 Å². The zero-order valence-electron chi connectivity index (χ0n) is 11.4. The van der Waals surface area contributed by atoms with E-state index in [-0.39, 0.29) is 5.91 Å². The van der Waals surface area contributed by atoms with Crippen molar-refractivity contribution in [3.63, 3.8) is 0 Å². The van der Waals surface area contributed by atoms with Gasteiger partial charge >= 0.3 is 0 Å². The molecule has 1 amide bonds. The Kier molecular flexibility index (Phi) is 4.82. The highest BCUT2D eigenvalue weighted by atomic mass is 79.9. The maximum Gasteiger partial charge on any atom is 0.239 e. The molecule has 0 aromatic heterocycles. The van der Waals surface area contributed by atoms with Crippen molar-refractivity contribution < 1.29 is 4.79 Å². The van der Waals surface area contributed by atoms with Gasteiger partial charge in [0.05, 0.1) is 12.2 Å². The summed E-state index contributed by atoms with van der Waals surface area (Å²) in [6, 6.07) is 6.62. The number of carbonyl (C=O) groups excluding carboxylic acids is 1. The first-order valence-electron chi connectivity index (χ1n) is 6.53. The van der Waals surface area contributed by atoms with Crippen molar-refractivity contribution in [2.45, 2.75) is 25.4 Å². The van der Waals surface area contributed by atoms with Crippen molar-refractivity contribution in [3.8, 4) is 0 Å². The smallest absolute Gasteiger partial charge is 0.239 e. The fraction of sp³-hybridized carbons (Fsp3) is 0.500. The third-order valence-corrected chi connectivity index (χ3v) is 3.76. The molecule has 0 aliphatic heterocycles. The number of hydrogen-bond acceptors (Lipinski definition) is 3. The SMILES string of the molecule is CNCc1ccc(N(C)CC(=O)NC2CC2)c(Br)c1. The van der Waals surface area contributed by atoms with E-state index in [1.54, 1.807) is 0 Å². The Bertz CT molecular complexity index is 460. The third kappa shape index (κ3) is 4.21. The number of nitrogens with one attached hydrogen (secondary N) is 2. The van der Waals surface area contributed by atoms with Gasteiger partial charge in [0.1, 0.15) is 0 Å². The predicted molar refractivity (Wildman–Crippen MR) is 81.3 cm³/mol. The molecular formula is C14H20BrN3O. The van der Waals surface area contributed by atoms with E-state index in [4.69, 9.17) is 0 Å². The zero-order chi connectivity index (χ0) is 13.8. The van der Waals surface area contributed by atoms with Gasteiger partial charge in [-0.15, -0.1) is 0 Å². The lowest BCUT2D eigenvalue weighted by molar-refractivity contribution is -0.119. The topological polar surface area (TPSA) is 44.4 Å². The number of nitrogens with zero attached hydrogens (tertiary/aromatic N) is 1. The highest BCUT2D eigenvalue weighted by Crippen LogP contribution is 2.26. The molecule has 4 nitrogen and oxygen atoms in total. The number of rotatable bonds is 6. The van der Waals surface area contributed by atoms with Gasteiger partial charge in [0.15, 0.2) is 0 Å². The van der Waals surface area contributed by atoms with E-state index in [2.05, 4.69) is 38.7 Å². The molecule has 5 heteroatoms. The highest BCUT2D eigenvalue weighted by Gasteiger charge is 2.23. The monoisotopic (exact) mass is 325 g/mol. The van der Waals surface area contributed by atoms with E-state index >= 15 is 0 Å². The first kappa shape index (κ1) is 14.3. The van der Waals surface area contributed by atoms with Crippen LogP contribution in [0.15, 0.2) is 22.7 Å². The van der Waals surface area contributed by atoms with Gasteiger partial charge in [0.2, 0.25) is 5.91 Å². The van der Waals surface area contributed by atoms with Gasteiger partial charge in [0, 0.05) is 24.1 Å². The average Bonchev–Trinajstić information content (AvgIpc) is 3.13. The normalized spacial score (nSPS) is 14.3. The summed E-state index contributed by atoms with van der Waals surface area (Å²) in [5, 5.41) is 6.12. The van der Waals surface area contributed by atoms with Crippen LogP contribution in [0, 0.1) is 0 Å². The molecule has 0 bridgehead atoms. The standard InChI is InChI=1S/C14H20BrN3O/c1-16-8-10-3-6-13(12(15)7-10)18(2)9-14(19)17-11-4-5-11/h3,6-7,11,16H,4-5,8-9H2,1-2H3,(H,17,19). The Balaban J connectivity index is 1.97. The molecule has 1 aliphatic rings. The van der Waals surface area contributed by atoms with E-state index in [1.807, 2.05) is 25.1 Å². The van der Waals surface area contributed by atoms with E-state index in [1.165, 1.54) is 5.56 Å². The highest BCUT2D eigenvalue weighted by molar-refractivity contribution is 9.10. The van der Waals surface area contributed by atoms with Crippen LogP contribution in [0.25, 0.3) is 0 Å². The van der Waals surface area contributed by atoms with Crippen molar-refractivity contribution in [3.05, 3.63) is 28.2 Å². The summed E-state index contributed by atoms with van der Waals surface area (Å²) in [5.74, 6) is 0.0937. The lowest BCUT2D eigenvalue weighted by atomic mass is 10.2. The number of halogens is 1. The molecule has 19 heavy (non-hydrogen) atoms. The van der Waals surface area contributed by atoms with E-state index < -0.39 is 0 Å². The van der Waals surface area contributed by atoms with Crippen LogP contribution >= 0.6 is 15.9 Å². The molecule has 0 heterocycles. The Labute approximate surface area is 122 Å². The Hall–Kier alpha value is -1.07. The number of carbonyl (C=O) groups is 1. The third-order valence-electron chi connectivity index (χ3n) is 3.13. The van der Waals surface area contributed by atoms with E-state index in [0.717, 1.165) is 29.5 Å². The summed E-state index contributed by atoms with van der Waals surface area (Å²) in [5.41, 5.74) is 2.25. The summed E-state index contributed by atoms with van der Waals surface area (Å²) in [6.45, 7) is 1.23. The van der Waals surface area contributed by atoms with Crippen molar-refractivity contribution in [1.29, 1.82) is 0 Å². The maximum atomic E-state index is 11.8. The minimum absolute atomic E-state index is 0.0937. The summed E-state index contributed by atoms with van der Waals surface area (Å²) in [7, 11) is 3.86. The van der Waals surface area contributed by atoms with Gasteiger partial charge in [-0.05, 0) is 53.5 Å². The molecular weight excluding hydrogens is 306 g/mol. The molecule has 0 spiro atoms. The Morgan fingerprint density at radius 3 is 2.79 bits per heavy atom. The number of likely N-dealkylation sites (N-methyl/N-ethyl adjacent to an activating group) is 1. The number of benzene rings is 1. The number of anilines is 1. The van der Waals surface area contributed by atoms with Gasteiger partial charge in [-0.25, -0.2) is 0 Å². The fourth-order valence-corrected chi connectivity index (χ4v) is 2.70. The van der Waals surface area contributed by atoms with Gasteiger partial charge in [-0.2, -0.15) is 0 Å². The second-order valence-electron chi connectivity index (χ2n) is 5.01. The van der Waals surface area contributed by atoms with Crippen LogP contribution in [0.2, 0.25) is 0 Å². The molecule has 0 atom stereocenters. The molecule has 1 aromatic carbocycles. The van der Waals surface area contributed by atoms with Crippen LogP contribution in [0.3, 0.4) is 0 Å². The van der Waals surface area contributed by atoms with Gasteiger partial charge in [-0.1, -0.05) is 6.07 Å². The average molecular weight is 326 g/mol.